The van der Waals surface area contributed by atoms with Crippen molar-refractivity contribution in [1.82, 2.24) is 5.32 Å². The van der Waals surface area contributed by atoms with Crippen molar-refractivity contribution in [2.24, 2.45) is 5.41 Å². The van der Waals surface area contributed by atoms with E-state index in [1.54, 1.807) is 0 Å². The maximum atomic E-state index is 6.11. The van der Waals surface area contributed by atoms with Crippen LogP contribution in [0.5, 0.6) is 0 Å². The molecule has 2 nitrogen and oxygen atoms in total. The van der Waals surface area contributed by atoms with E-state index in [1.165, 1.54) is 21.5 Å². The van der Waals surface area contributed by atoms with Crippen molar-refractivity contribution in [2.75, 3.05) is 6.61 Å². The fourth-order valence-electron chi connectivity index (χ4n) is 3.41. The zero-order chi connectivity index (χ0) is 18.9. The highest BCUT2D eigenvalue weighted by Gasteiger charge is 2.34. The summed E-state index contributed by atoms with van der Waals surface area (Å²) in [6.07, 6.45) is 6.59. The van der Waals surface area contributed by atoms with Crippen LogP contribution in [-0.4, -0.2) is 12.6 Å². The molecule has 0 unspecified atom stereocenters. The highest BCUT2D eigenvalue weighted by molar-refractivity contribution is 7.77. The largest absolute Gasteiger partial charge is 0.477 e. The molecule has 1 heterocycles. The van der Waals surface area contributed by atoms with Crippen LogP contribution in [0.2, 0.25) is 0 Å². The Bertz CT molecular complexity index is 851. The first-order valence-corrected chi connectivity index (χ1v) is 10.8. The third-order valence-electron chi connectivity index (χ3n) is 5.05. The molecule has 2 aliphatic rings. The number of rotatable bonds is 3. The van der Waals surface area contributed by atoms with Crippen LogP contribution >= 0.6 is 7.92 Å². The molecular weight excluding hydrogens is 349 g/mol. The van der Waals surface area contributed by atoms with Crippen LogP contribution in [-0.2, 0) is 4.74 Å². The smallest absolute Gasteiger partial charge is 0.195 e. The average Bonchev–Trinajstić information content (AvgIpc) is 3.33. The molecule has 4 rings (SSSR count). The monoisotopic (exact) mass is 375 g/mol. The minimum Gasteiger partial charge on any atom is -0.477 e. The van der Waals surface area contributed by atoms with E-state index in [1.807, 2.05) is 0 Å². The normalized spacial score (nSPS) is 21.9. The van der Waals surface area contributed by atoms with Crippen LogP contribution in [0.25, 0.3) is 0 Å². The molecule has 3 heteroatoms. The van der Waals surface area contributed by atoms with E-state index in [2.05, 4.69) is 105 Å². The van der Waals surface area contributed by atoms with Gasteiger partial charge in [-0.3, -0.25) is 0 Å². The Morgan fingerprint density at radius 2 is 1.52 bits per heavy atom. The summed E-state index contributed by atoms with van der Waals surface area (Å²) in [6, 6.07) is 22.0. The van der Waals surface area contributed by atoms with Crippen molar-refractivity contribution >= 4 is 18.5 Å². The SMILES string of the molecule is CC(C)(C)[C@H]1COC(=C2C=CC=C2P(c2ccccc2)c2ccccc2)N1. The number of benzene rings is 2. The van der Waals surface area contributed by atoms with Gasteiger partial charge in [0.05, 0.1) is 6.04 Å². The Kier molecular flexibility index (Phi) is 4.93. The molecule has 2 aromatic rings. The molecule has 1 N–H and O–H groups in total. The lowest BCUT2D eigenvalue weighted by Gasteiger charge is -2.25. The Hall–Kier alpha value is -2.31. The summed E-state index contributed by atoms with van der Waals surface area (Å²) < 4.78 is 6.11. The van der Waals surface area contributed by atoms with Crippen molar-refractivity contribution in [1.29, 1.82) is 0 Å². The molecule has 0 amide bonds. The van der Waals surface area contributed by atoms with Crippen LogP contribution in [0, 0.1) is 5.41 Å². The predicted octanol–water partition coefficient (Wildman–Crippen LogP) is 4.82. The maximum absolute atomic E-state index is 6.11. The van der Waals surface area contributed by atoms with E-state index in [-0.39, 0.29) is 5.41 Å². The lowest BCUT2D eigenvalue weighted by Crippen LogP contribution is -2.36. The van der Waals surface area contributed by atoms with Crippen molar-refractivity contribution in [2.45, 2.75) is 26.8 Å². The van der Waals surface area contributed by atoms with Gasteiger partial charge in [0, 0.05) is 5.57 Å². The van der Waals surface area contributed by atoms with Crippen molar-refractivity contribution in [3.05, 3.63) is 95.7 Å². The fraction of sp³-hybridized carbons (Fsp3) is 0.250. The van der Waals surface area contributed by atoms with Crippen LogP contribution in [0.15, 0.2) is 95.7 Å². The summed E-state index contributed by atoms with van der Waals surface area (Å²) in [5.74, 6) is 0.925. The number of hydrogen-bond acceptors (Lipinski definition) is 2. The molecule has 1 aliphatic heterocycles. The highest BCUT2D eigenvalue weighted by atomic mass is 31.1. The first-order chi connectivity index (χ1) is 13.0. The molecule has 1 fully saturated rings. The van der Waals surface area contributed by atoms with Crippen LogP contribution in [0.4, 0.5) is 0 Å². The minimum atomic E-state index is -0.629. The van der Waals surface area contributed by atoms with E-state index in [4.69, 9.17) is 4.74 Å². The van der Waals surface area contributed by atoms with Crippen molar-refractivity contribution < 1.29 is 4.74 Å². The Morgan fingerprint density at radius 3 is 2.04 bits per heavy atom. The van der Waals surface area contributed by atoms with Gasteiger partial charge >= 0.3 is 0 Å². The van der Waals surface area contributed by atoms with Gasteiger partial charge in [-0.15, -0.1) is 0 Å². The van der Waals surface area contributed by atoms with Crippen LogP contribution in [0.1, 0.15) is 20.8 Å². The van der Waals surface area contributed by atoms with Gasteiger partial charge in [0.25, 0.3) is 0 Å². The number of allylic oxidation sites excluding steroid dienone is 5. The quantitative estimate of drug-likeness (QED) is 0.777. The van der Waals surface area contributed by atoms with E-state index in [9.17, 15) is 0 Å². The van der Waals surface area contributed by atoms with Gasteiger partial charge in [0.2, 0.25) is 0 Å². The number of hydrogen-bond donors (Lipinski definition) is 1. The third kappa shape index (κ3) is 3.73. The zero-order valence-electron chi connectivity index (χ0n) is 16.1. The molecule has 1 atom stereocenters. The lowest BCUT2D eigenvalue weighted by atomic mass is 9.88. The van der Waals surface area contributed by atoms with Gasteiger partial charge in [0.15, 0.2) is 5.88 Å². The van der Waals surface area contributed by atoms with Gasteiger partial charge in [-0.25, -0.2) is 0 Å². The molecule has 0 spiro atoms. The number of ether oxygens (including phenoxy) is 1. The molecule has 2 aromatic carbocycles. The summed E-state index contributed by atoms with van der Waals surface area (Å²) >= 11 is 0. The van der Waals surface area contributed by atoms with Crippen molar-refractivity contribution in [3.8, 4) is 0 Å². The molecular formula is C24H26NOP. The van der Waals surface area contributed by atoms with Gasteiger partial charge in [-0.1, -0.05) is 93.6 Å². The Balaban J connectivity index is 1.74. The van der Waals surface area contributed by atoms with Crippen molar-refractivity contribution in [3.63, 3.8) is 0 Å². The summed E-state index contributed by atoms with van der Waals surface area (Å²) in [5, 5.41) is 7.70. The first-order valence-electron chi connectivity index (χ1n) is 9.46. The molecule has 138 valence electrons. The topological polar surface area (TPSA) is 21.3 Å². The molecule has 0 saturated carbocycles. The first kappa shape index (κ1) is 18.1. The number of nitrogens with one attached hydrogen (secondary N) is 1. The third-order valence-corrected chi connectivity index (χ3v) is 7.55. The summed E-state index contributed by atoms with van der Waals surface area (Å²) in [7, 11) is -0.629. The van der Waals surface area contributed by atoms with Gasteiger partial charge in [-0.2, -0.15) is 0 Å². The summed E-state index contributed by atoms with van der Waals surface area (Å²) in [6.45, 7) is 7.48. The van der Waals surface area contributed by atoms with Gasteiger partial charge in [0.1, 0.15) is 6.61 Å². The molecule has 1 aliphatic carbocycles. The van der Waals surface area contributed by atoms with E-state index in [0.29, 0.717) is 6.04 Å². The molecule has 0 radical (unpaired) electrons. The standard InChI is InChI=1S/C24H26NOP/c1-24(2,3)22-17-26-23(25-22)20-15-10-16-21(20)27(18-11-6-4-7-12-18)19-13-8-5-9-14-19/h4-16,22,25H,17H2,1-3H3/t22-/m1/s1. The molecule has 1 saturated heterocycles. The van der Waals surface area contributed by atoms with E-state index < -0.39 is 7.92 Å². The van der Waals surface area contributed by atoms with E-state index in [0.717, 1.165) is 12.5 Å². The van der Waals surface area contributed by atoms with Crippen LogP contribution in [0.3, 0.4) is 0 Å². The second kappa shape index (κ2) is 7.37. The predicted molar refractivity (Wildman–Crippen MR) is 116 cm³/mol. The maximum Gasteiger partial charge on any atom is 0.195 e. The fourth-order valence-corrected chi connectivity index (χ4v) is 5.86. The molecule has 27 heavy (non-hydrogen) atoms. The Morgan fingerprint density at radius 1 is 0.926 bits per heavy atom. The highest BCUT2D eigenvalue weighted by Crippen LogP contribution is 2.49. The summed E-state index contributed by atoms with van der Waals surface area (Å²) in [4.78, 5) is 0. The Labute approximate surface area is 163 Å². The second-order valence-corrected chi connectivity index (χ2v) is 10.2. The summed E-state index contributed by atoms with van der Waals surface area (Å²) in [5.41, 5.74) is 1.36. The minimum absolute atomic E-state index is 0.165. The average molecular weight is 375 g/mol. The van der Waals surface area contributed by atoms with Gasteiger partial charge in [-0.05, 0) is 35.3 Å². The van der Waals surface area contributed by atoms with Crippen LogP contribution < -0.4 is 15.9 Å². The van der Waals surface area contributed by atoms with Gasteiger partial charge < -0.3 is 10.1 Å². The molecule has 0 bridgehead atoms. The lowest BCUT2D eigenvalue weighted by molar-refractivity contribution is 0.214. The second-order valence-electron chi connectivity index (χ2n) is 8.03. The van der Waals surface area contributed by atoms with E-state index >= 15 is 0 Å². The molecule has 0 aromatic heterocycles. The zero-order valence-corrected chi connectivity index (χ0v) is 17.0.